The molecule has 1 saturated carbocycles. The van der Waals surface area contributed by atoms with E-state index in [9.17, 15) is 22.8 Å². The molecule has 1 N–H and O–H groups in total. The molecule has 7 nitrogen and oxygen atoms in total. The van der Waals surface area contributed by atoms with Gasteiger partial charge < -0.3 is 14.6 Å². The summed E-state index contributed by atoms with van der Waals surface area (Å²) in [4.78, 5) is 26.7. The molecule has 0 atom stereocenters. The van der Waals surface area contributed by atoms with Crippen LogP contribution in [0.4, 0.5) is 13.2 Å². The number of benzene rings is 1. The van der Waals surface area contributed by atoms with Gasteiger partial charge in [0.05, 0.1) is 6.61 Å². The van der Waals surface area contributed by atoms with Gasteiger partial charge in [-0.2, -0.15) is 18.2 Å². The minimum atomic E-state index is -4.72. The smallest absolute Gasteiger partial charge is 0.464 e. The van der Waals surface area contributed by atoms with Crippen molar-refractivity contribution >= 4 is 11.9 Å². The number of rotatable bonds is 6. The zero-order valence-corrected chi connectivity index (χ0v) is 13.4. The molecule has 0 saturated heterocycles. The minimum Gasteiger partial charge on any atom is -0.464 e. The van der Waals surface area contributed by atoms with Crippen molar-refractivity contribution in [2.45, 2.75) is 19.0 Å². The summed E-state index contributed by atoms with van der Waals surface area (Å²) >= 11 is 0. The van der Waals surface area contributed by atoms with Crippen LogP contribution in [0.25, 0.3) is 11.4 Å². The summed E-state index contributed by atoms with van der Waals surface area (Å²) in [7, 11) is 0. The maximum atomic E-state index is 12.5. The summed E-state index contributed by atoms with van der Waals surface area (Å²) in [6, 6.07) is 5.52. The molecule has 26 heavy (non-hydrogen) atoms. The molecule has 1 aromatic carbocycles. The number of amides is 1. The van der Waals surface area contributed by atoms with Crippen LogP contribution in [0.5, 0.6) is 0 Å². The average molecular weight is 369 g/mol. The zero-order valence-electron chi connectivity index (χ0n) is 13.4. The predicted molar refractivity (Wildman–Crippen MR) is 80.8 cm³/mol. The number of esters is 1. The van der Waals surface area contributed by atoms with E-state index in [-0.39, 0.29) is 23.5 Å². The van der Waals surface area contributed by atoms with Crippen molar-refractivity contribution in [1.29, 1.82) is 0 Å². The van der Waals surface area contributed by atoms with Crippen molar-refractivity contribution in [2.75, 3.05) is 13.2 Å². The molecule has 1 heterocycles. The Morgan fingerprint density at radius 1 is 1.23 bits per heavy atom. The molecular weight excluding hydrogens is 355 g/mol. The van der Waals surface area contributed by atoms with Gasteiger partial charge in [-0.25, -0.2) is 0 Å². The first-order valence-electron chi connectivity index (χ1n) is 7.78. The Morgan fingerprint density at radius 2 is 1.92 bits per heavy atom. The topological polar surface area (TPSA) is 94.3 Å². The van der Waals surface area contributed by atoms with Crippen LogP contribution in [-0.2, 0) is 15.7 Å². The molecule has 1 aliphatic rings. The third kappa shape index (κ3) is 4.58. The lowest BCUT2D eigenvalue weighted by Crippen LogP contribution is -2.30. The molecule has 1 amide bonds. The van der Waals surface area contributed by atoms with E-state index < -0.39 is 23.9 Å². The van der Waals surface area contributed by atoms with Gasteiger partial charge in [-0.1, -0.05) is 17.3 Å². The summed E-state index contributed by atoms with van der Waals surface area (Å²) in [5.41, 5.74) is 0.480. The van der Waals surface area contributed by atoms with Gasteiger partial charge >= 0.3 is 18.0 Å². The lowest BCUT2D eigenvalue weighted by molar-refractivity contribution is -0.159. The molecule has 1 aliphatic carbocycles. The van der Waals surface area contributed by atoms with E-state index in [1.54, 1.807) is 0 Å². The number of carbonyl (C=O) groups is 2. The third-order valence-electron chi connectivity index (χ3n) is 3.64. The Morgan fingerprint density at radius 3 is 2.50 bits per heavy atom. The monoisotopic (exact) mass is 369 g/mol. The molecule has 0 spiro atoms. The van der Waals surface area contributed by atoms with E-state index >= 15 is 0 Å². The highest BCUT2D eigenvalue weighted by molar-refractivity contribution is 5.96. The summed E-state index contributed by atoms with van der Waals surface area (Å²) in [6.07, 6.45) is -2.62. The molecule has 0 unspecified atom stereocenters. The van der Waals surface area contributed by atoms with E-state index in [1.807, 2.05) is 0 Å². The van der Waals surface area contributed by atoms with Crippen LogP contribution in [-0.4, -0.2) is 35.2 Å². The Hall–Kier alpha value is -2.91. The Balaban J connectivity index is 1.55. The summed E-state index contributed by atoms with van der Waals surface area (Å²) in [6.45, 7) is 0.112. The lowest BCUT2D eigenvalue weighted by Gasteiger charge is -2.06. The standard InChI is InChI=1S/C16H14F3N3O4/c17-16(18,19)15-21-13(22-26-15)10-3-5-11(6-4-10)14(24)20-7-12(23)25-8-9-1-2-9/h3-6,9H,1-2,7-8H2,(H,20,24). The maximum Gasteiger partial charge on any atom is 0.471 e. The minimum absolute atomic E-state index is 0.225. The van der Waals surface area contributed by atoms with Crippen LogP contribution in [0.1, 0.15) is 29.1 Å². The van der Waals surface area contributed by atoms with Crippen LogP contribution < -0.4 is 5.32 Å². The Kier molecular flexibility index (Phi) is 4.92. The van der Waals surface area contributed by atoms with Crippen LogP contribution in [0.15, 0.2) is 28.8 Å². The van der Waals surface area contributed by atoms with Gasteiger partial charge in [0.25, 0.3) is 5.91 Å². The number of nitrogens with zero attached hydrogens (tertiary/aromatic N) is 2. The molecule has 1 fully saturated rings. The summed E-state index contributed by atoms with van der Waals surface area (Å²) in [5.74, 6) is -2.28. The number of hydrogen-bond donors (Lipinski definition) is 1. The summed E-state index contributed by atoms with van der Waals surface area (Å²) < 4.78 is 46.5. The van der Waals surface area contributed by atoms with E-state index in [1.165, 1.54) is 24.3 Å². The van der Waals surface area contributed by atoms with Gasteiger partial charge in [-0.15, -0.1) is 0 Å². The number of nitrogens with one attached hydrogen (secondary N) is 1. The molecule has 138 valence electrons. The molecule has 1 aromatic heterocycles. The van der Waals surface area contributed by atoms with Crippen molar-refractivity contribution in [3.8, 4) is 11.4 Å². The molecule has 10 heteroatoms. The first-order valence-corrected chi connectivity index (χ1v) is 7.78. The van der Waals surface area contributed by atoms with Crippen LogP contribution in [0.2, 0.25) is 0 Å². The van der Waals surface area contributed by atoms with Crippen molar-refractivity contribution in [1.82, 2.24) is 15.5 Å². The highest BCUT2D eigenvalue weighted by atomic mass is 19.4. The van der Waals surface area contributed by atoms with Crippen LogP contribution >= 0.6 is 0 Å². The Bertz CT molecular complexity index is 798. The third-order valence-corrected chi connectivity index (χ3v) is 3.64. The number of halogens is 3. The van der Waals surface area contributed by atoms with E-state index in [0.29, 0.717) is 12.5 Å². The van der Waals surface area contributed by atoms with E-state index in [4.69, 9.17) is 4.74 Å². The van der Waals surface area contributed by atoms with Gasteiger partial charge in [0.2, 0.25) is 5.82 Å². The molecule has 3 rings (SSSR count). The van der Waals surface area contributed by atoms with Crippen LogP contribution in [0.3, 0.4) is 0 Å². The van der Waals surface area contributed by atoms with Crippen LogP contribution in [0, 0.1) is 5.92 Å². The number of alkyl halides is 3. The van der Waals surface area contributed by atoms with Crippen molar-refractivity contribution in [3.05, 3.63) is 35.7 Å². The zero-order chi connectivity index (χ0) is 18.7. The average Bonchev–Trinajstić information content (AvgIpc) is 3.30. The van der Waals surface area contributed by atoms with Gasteiger partial charge in [0.1, 0.15) is 6.54 Å². The highest BCUT2D eigenvalue weighted by Crippen LogP contribution is 2.29. The first kappa shape index (κ1) is 17.9. The second-order valence-corrected chi connectivity index (χ2v) is 5.81. The fraction of sp³-hybridized carbons (Fsp3) is 0.375. The van der Waals surface area contributed by atoms with E-state index in [0.717, 1.165) is 12.8 Å². The van der Waals surface area contributed by atoms with Gasteiger partial charge in [0, 0.05) is 11.1 Å². The van der Waals surface area contributed by atoms with E-state index in [2.05, 4.69) is 20.0 Å². The van der Waals surface area contributed by atoms with Crippen molar-refractivity contribution in [2.24, 2.45) is 5.92 Å². The normalized spacial score (nSPS) is 14.1. The number of hydrogen-bond acceptors (Lipinski definition) is 6. The van der Waals surface area contributed by atoms with Crippen molar-refractivity contribution < 1.29 is 32.0 Å². The molecular formula is C16H14F3N3O4. The highest BCUT2D eigenvalue weighted by Gasteiger charge is 2.38. The van der Waals surface area contributed by atoms with Gasteiger partial charge in [-0.3, -0.25) is 9.59 Å². The molecule has 0 aliphatic heterocycles. The predicted octanol–water partition coefficient (Wildman–Crippen LogP) is 2.44. The largest absolute Gasteiger partial charge is 0.471 e. The van der Waals surface area contributed by atoms with Gasteiger partial charge in [0.15, 0.2) is 0 Å². The number of ether oxygens (including phenoxy) is 1. The Labute approximate surface area is 145 Å². The maximum absolute atomic E-state index is 12.5. The number of carbonyl (C=O) groups excluding carboxylic acids is 2. The fourth-order valence-corrected chi connectivity index (χ4v) is 2.03. The molecule has 2 aromatic rings. The van der Waals surface area contributed by atoms with Crippen molar-refractivity contribution in [3.63, 3.8) is 0 Å². The molecule has 0 radical (unpaired) electrons. The second-order valence-electron chi connectivity index (χ2n) is 5.81. The lowest BCUT2D eigenvalue weighted by atomic mass is 10.1. The quantitative estimate of drug-likeness (QED) is 0.786. The SMILES string of the molecule is O=C(CNC(=O)c1ccc(-c2noc(C(F)(F)F)n2)cc1)OCC1CC1. The second kappa shape index (κ2) is 7.14. The molecule has 0 bridgehead atoms. The fourth-order valence-electron chi connectivity index (χ4n) is 2.03. The summed E-state index contributed by atoms with van der Waals surface area (Å²) in [5, 5.41) is 5.67. The first-order chi connectivity index (χ1) is 12.3. The number of aromatic nitrogens is 2. The van der Waals surface area contributed by atoms with Gasteiger partial charge in [-0.05, 0) is 30.9 Å².